The molecule has 0 saturated heterocycles. The van der Waals surface area contributed by atoms with E-state index >= 15 is 0 Å². The zero-order chi connectivity index (χ0) is 21.5. The maximum Gasteiger partial charge on any atom is 0.329 e. The second kappa shape index (κ2) is 8.19. The number of imide groups is 1. The Hall–Kier alpha value is -2.12. The van der Waals surface area contributed by atoms with Crippen molar-refractivity contribution in [1.82, 2.24) is 16.0 Å². The van der Waals surface area contributed by atoms with Gasteiger partial charge in [-0.05, 0) is 75.0 Å². The number of amides is 4. The van der Waals surface area contributed by atoms with E-state index in [1.54, 1.807) is 0 Å². The van der Waals surface area contributed by atoms with E-state index < -0.39 is 30.6 Å². The summed E-state index contributed by atoms with van der Waals surface area (Å²) in [6.07, 6.45) is 8.31. The first-order chi connectivity index (χ1) is 14.2. The van der Waals surface area contributed by atoms with E-state index in [2.05, 4.69) is 16.0 Å². The standard InChI is InChI=1S/C22H33N3O5/c1-12(2)18(19(27)30-11-17(26)24-21(29)23-16-3-4-16)25-20(28)22-8-13-5-14(9-22)7-15(6-13)10-22/h12-16,18H,3-11H2,1-2H3,(H,25,28)(H2,23,24,26,29)/t13?,14?,15?,18-,22?/m0/s1. The van der Waals surface area contributed by atoms with Crippen LogP contribution >= 0.6 is 0 Å². The molecule has 0 aromatic rings. The summed E-state index contributed by atoms with van der Waals surface area (Å²) in [5.74, 6) is 0.380. The molecule has 3 N–H and O–H groups in total. The third-order valence-electron chi connectivity index (χ3n) is 7.24. The number of carbonyl (C=O) groups excluding carboxylic acids is 4. The van der Waals surface area contributed by atoms with Crippen LogP contribution in [0.4, 0.5) is 4.79 Å². The van der Waals surface area contributed by atoms with Gasteiger partial charge in [0.15, 0.2) is 6.61 Å². The molecule has 0 aromatic heterocycles. The third-order valence-corrected chi connectivity index (χ3v) is 7.24. The average Bonchev–Trinajstić information content (AvgIpc) is 3.46. The molecule has 4 bridgehead atoms. The van der Waals surface area contributed by atoms with E-state index in [9.17, 15) is 19.2 Å². The highest BCUT2D eigenvalue weighted by Crippen LogP contribution is 2.60. The van der Waals surface area contributed by atoms with Crippen LogP contribution in [0.25, 0.3) is 0 Å². The Kier molecular flexibility index (Phi) is 5.77. The predicted octanol–water partition coefficient (Wildman–Crippen LogP) is 1.88. The smallest absolute Gasteiger partial charge is 0.329 e. The summed E-state index contributed by atoms with van der Waals surface area (Å²) in [6.45, 7) is 3.14. The van der Waals surface area contributed by atoms with Crippen molar-refractivity contribution in [2.24, 2.45) is 29.1 Å². The van der Waals surface area contributed by atoms with Gasteiger partial charge >= 0.3 is 12.0 Å². The Morgan fingerprint density at radius 2 is 1.53 bits per heavy atom. The normalized spacial score (nSPS) is 32.4. The summed E-state index contributed by atoms with van der Waals surface area (Å²) in [5.41, 5.74) is -0.347. The Morgan fingerprint density at radius 3 is 2.03 bits per heavy atom. The van der Waals surface area contributed by atoms with Gasteiger partial charge in [0.05, 0.1) is 0 Å². The second-order valence-corrected chi connectivity index (χ2v) is 10.3. The van der Waals surface area contributed by atoms with Gasteiger partial charge in [0.25, 0.3) is 5.91 Å². The van der Waals surface area contributed by atoms with E-state index in [0.717, 1.165) is 32.1 Å². The zero-order valence-corrected chi connectivity index (χ0v) is 17.9. The Labute approximate surface area is 177 Å². The highest BCUT2D eigenvalue weighted by Gasteiger charge is 2.55. The molecule has 4 amide bonds. The lowest BCUT2D eigenvalue weighted by molar-refractivity contribution is -0.157. The number of rotatable bonds is 7. The fraction of sp³-hybridized carbons (Fsp3) is 0.818. The van der Waals surface area contributed by atoms with Gasteiger partial charge < -0.3 is 15.4 Å². The van der Waals surface area contributed by atoms with Crippen LogP contribution in [-0.4, -0.2) is 42.5 Å². The quantitative estimate of drug-likeness (QED) is 0.545. The van der Waals surface area contributed by atoms with Crippen molar-refractivity contribution in [3.8, 4) is 0 Å². The average molecular weight is 420 g/mol. The van der Waals surface area contributed by atoms with Crippen molar-refractivity contribution >= 4 is 23.8 Å². The molecule has 5 saturated carbocycles. The largest absolute Gasteiger partial charge is 0.454 e. The molecule has 8 nitrogen and oxygen atoms in total. The molecule has 0 heterocycles. The molecule has 0 spiro atoms. The van der Waals surface area contributed by atoms with E-state index in [1.807, 2.05) is 13.8 Å². The topological polar surface area (TPSA) is 114 Å². The molecule has 0 radical (unpaired) electrons. The Bertz CT molecular complexity index is 695. The number of urea groups is 1. The number of hydrogen-bond donors (Lipinski definition) is 3. The van der Waals surface area contributed by atoms with Crippen molar-refractivity contribution < 1.29 is 23.9 Å². The molecule has 1 atom stereocenters. The van der Waals surface area contributed by atoms with Crippen LogP contribution in [0.15, 0.2) is 0 Å². The zero-order valence-electron chi connectivity index (χ0n) is 17.9. The molecule has 5 rings (SSSR count). The van der Waals surface area contributed by atoms with Gasteiger partial charge in [0.2, 0.25) is 5.91 Å². The second-order valence-electron chi connectivity index (χ2n) is 10.3. The number of esters is 1. The number of hydrogen-bond acceptors (Lipinski definition) is 5. The molecule has 0 aromatic carbocycles. The molecule has 0 aliphatic heterocycles. The molecule has 5 aliphatic carbocycles. The van der Waals surface area contributed by atoms with E-state index in [4.69, 9.17) is 4.74 Å². The van der Waals surface area contributed by atoms with Crippen molar-refractivity contribution in [3.05, 3.63) is 0 Å². The van der Waals surface area contributed by atoms with Gasteiger partial charge in [0.1, 0.15) is 6.04 Å². The summed E-state index contributed by atoms with van der Waals surface area (Å²) < 4.78 is 5.12. The minimum Gasteiger partial charge on any atom is -0.454 e. The molecular formula is C22H33N3O5. The lowest BCUT2D eigenvalue weighted by Gasteiger charge is -2.55. The molecule has 30 heavy (non-hydrogen) atoms. The van der Waals surface area contributed by atoms with Crippen LogP contribution in [0.5, 0.6) is 0 Å². The minimum atomic E-state index is -0.807. The SMILES string of the molecule is CC(C)[C@H](NC(=O)C12CC3CC(CC(C3)C1)C2)C(=O)OCC(=O)NC(=O)NC1CC1. The van der Waals surface area contributed by atoms with E-state index in [0.29, 0.717) is 17.8 Å². The van der Waals surface area contributed by atoms with Crippen LogP contribution in [0.3, 0.4) is 0 Å². The van der Waals surface area contributed by atoms with E-state index in [1.165, 1.54) is 19.3 Å². The van der Waals surface area contributed by atoms with Crippen molar-refractivity contribution in [3.63, 3.8) is 0 Å². The predicted molar refractivity (Wildman–Crippen MR) is 108 cm³/mol. The maximum atomic E-state index is 13.3. The first-order valence-corrected chi connectivity index (χ1v) is 11.3. The first-order valence-electron chi connectivity index (χ1n) is 11.3. The van der Waals surface area contributed by atoms with Gasteiger partial charge in [-0.1, -0.05) is 13.8 Å². The lowest BCUT2D eigenvalue weighted by Crippen LogP contribution is -2.57. The van der Waals surface area contributed by atoms with Crippen LogP contribution < -0.4 is 16.0 Å². The molecule has 166 valence electrons. The summed E-state index contributed by atoms with van der Waals surface area (Å²) >= 11 is 0. The van der Waals surface area contributed by atoms with Crippen molar-refractivity contribution in [2.75, 3.05) is 6.61 Å². The summed E-state index contributed by atoms with van der Waals surface area (Å²) in [4.78, 5) is 49.3. The number of nitrogens with one attached hydrogen (secondary N) is 3. The van der Waals surface area contributed by atoms with Gasteiger partial charge in [-0.3, -0.25) is 14.9 Å². The fourth-order valence-electron chi connectivity index (χ4n) is 6.02. The van der Waals surface area contributed by atoms with Crippen LogP contribution in [0.1, 0.15) is 65.2 Å². The maximum absolute atomic E-state index is 13.3. The fourth-order valence-corrected chi connectivity index (χ4v) is 6.02. The summed E-state index contributed by atoms with van der Waals surface area (Å²) in [5, 5.41) is 7.73. The van der Waals surface area contributed by atoms with Crippen LogP contribution in [0.2, 0.25) is 0 Å². The molecule has 5 fully saturated rings. The highest BCUT2D eigenvalue weighted by atomic mass is 16.5. The van der Waals surface area contributed by atoms with Gasteiger partial charge in [-0.25, -0.2) is 9.59 Å². The van der Waals surface area contributed by atoms with Crippen molar-refractivity contribution in [1.29, 1.82) is 0 Å². The van der Waals surface area contributed by atoms with Gasteiger partial charge in [-0.2, -0.15) is 0 Å². The van der Waals surface area contributed by atoms with Crippen LogP contribution in [-0.2, 0) is 19.1 Å². The summed E-state index contributed by atoms with van der Waals surface area (Å²) in [6, 6.07) is -1.25. The molecule has 5 aliphatic rings. The highest BCUT2D eigenvalue weighted by molar-refractivity contribution is 5.96. The Morgan fingerprint density at radius 1 is 0.967 bits per heavy atom. The first kappa shape index (κ1) is 21.1. The third kappa shape index (κ3) is 4.62. The molecule has 8 heteroatoms. The minimum absolute atomic E-state index is 0.0366. The number of ether oxygens (including phenoxy) is 1. The summed E-state index contributed by atoms with van der Waals surface area (Å²) in [7, 11) is 0. The van der Waals surface area contributed by atoms with E-state index in [-0.39, 0.29) is 23.3 Å². The Balaban J connectivity index is 1.29. The van der Waals surface area contributed by atoms with Crippen molar-refractivity contribution in [2.45, 2.75) is 77.3 Å². The van der Waals surface area contributed by atoms with Gasteiger partial charge in [-0.15, -0.1) is 0 Å². The number of carbonyl (C=O) groups is 4. The molecule has 0 unspecified atom stereocenters. The lowest BCUT2D eigenvalue weighted by atomic mass is 9.49. The van der Waals surface area contributed by atoms with Gasteiger partial charge in [0, 0.05) is 11.5 Å². The van der Waals surface area contributed by atoms with Crippen LogP contribution in [0, 0.1) is 29.1 Å². The molecular weight excluding hydrogens is 386 g/mol. The monoisotopic (exact) mass is 419 g/mol.